The lowest BCUT2D eigenvalue weighted by molar-refractivity contribution is -0.139. The summed E-state index contributed by atoms with van der Waals surface area (Å²) in [4.78, 5) is 37.5. The van der Waals surface area contributed by atoms with E-state index in [2.05, 4.69) is 36.8 Å². The Bertz CT molecular complexity index is 736. The summed E-state index contributed by atoms with van der Waals surface area (Å²) in [6.07, 6.45) is 4.12. The van der Waals surface area contributed by atoms with Gasteiger partial charge in [0.05, 0.1) is 6.54 Å². The van der Waals surface area contributed by atoms with Gasteiger partial charge in [0.15, 0.2) is 0 Å². The largest absolute Gasteiger partial charge is 0.344 e. The Morgan fingerprint density at radius 1 is 1.14 bits per heavy atom. The summed E-state index contributed by atoms with van der Waals surface area (Å²) < 4.78 is 0. The highest BCUT2D eigenvalue weighted by Gasteiger charge is 2.52. The minimum atomic E-state index is -0.839. The van der Waals surface area contributed by atoms with Gasteiger partial charge in [0.1, 0.15) is 5.54 Å². The number of hydrazine groups is 1. The maximum atomic E-state index is 12.8. The third-order valence-electron chi connectivity index (χ3n) is 5.57. The fourth-order valence-electron chi connectivity index (χ4n) is 4.14. The summed E-state index contributed by atoms with van der Waals surface area (Å²) in [5, 5.41) is 6.91. The SMILES string of the molecule is CC(C)(C)C(NCC(=O)NN1C(=O)NC2(CCCCC2)C1=O)c1ccccc1. The molecule has 3 rings (SSSR count). The molecule has 1 aromatic rings. The number of imide groups is 1. The molecule has 1 aliphatic carbocycles. The Hall–Kier alpha value is -2.41. The number of nitrogens with one attached hydrogen (secondary N) is 3. The molecule has 3 N–H and O–H groups in total. The molecule has 152 valence electrons. The highest BCUT2D eigenvalue weighted by Crippen LogP contribution is 2.33. The second kappa shape index (κ2) is 7.91. The van der Waals surface area contributed by atoms with E-state index in [1.165, 1.54) is 0 Å². The maximum Gasteiger partial charge on any atom is 0.344 e. The van der Waals surface area contributed by atoms with Gasteiger partial charge in [0, 0.05) is 6.04 Å². The molecule has 1 spiro atoms. The van der Waals surface area contributed by atoms with Crippen molar-refractivity contribution < 1.29 is 14.4 Å². The van der Waals surface area contributed by atoms with Crippen LogP contribution in [0.4, 0.5) is 4.79 Å². The van der Waals surface area contributed by atoms with Crippen LogP contribution in [0, 0.1) is 5.41 Å². The van der Waals surface area contributed by atoms with Gasteiger partial charge in [-0.1, -0.05) is 70.4 Å². The Morgan fingerprint density at radius 3 is 2.39 bits per heavy atom. The predicted octanol–water partition coefficient (Wildman–Crippen LogP) is 2.65. The van der Waals surface area contributed by atoms with Gasteiger partial charge in [-0.05, 0) is 23.8 Å². The first kappa shape index (κ1) is 20.3. The summed E-state index contributed by atoms with van der Waals surface area (Å²) in [6, 6.07) is 9.33. The fraction of sp³-hybridized carbons (Fsp3) is 0.571. The summed E-state index contributed by atoms with van der Waals surface area (Å²) in [6.45, 7) is 6.29. The van der Waals surface area contributed by atoms with Gasteiger partial charge in [0.2, 0.25) is 0 Å². The number of carbonyl (C=O) groups excluding carboxylic acids is 3. The molecule has 1 atom stereocenters. The topological polar surface area (TPSA) is 90.5 Å². The molecule has 1 heterocycles. The highest BCUT2D eigenvalue weighted by atomic mass is 16.2. The quantitative estimate of drug-likeness (QED) is 0.679. The second-order valence-electron chi connectivity index (χ2n) is 8.84. The molecule has 1 aromatic carbocycles. The van der Waals surface area contributed by atoms with Gasteiger partial charge in [0.25, 0.3) is 11.8 Å². The Morgan fingerprint density at radius 2 is 1.79 bits per heavy atom. The van der Waals surface area contributed by atoms with Crippen LogP contribution >= 0.6 is 0 Å². The molecule has 1 unspecified atom stereocenters. The van der Waals surface area contributed by atoms with Crippen molar-refractivity contribution in [2.45, 2.75) is 64.5 Å². The minimum absolute atomic E-state index is 0.000884. The predicted molar refractivity (Wildman–Crippen MR) is 106 cm³/mol. The molecule has 0 radical (unpaired) electrons. The summed E-state index contributed by atoms with van der Waals surface area (Å²) in [5.74, 6) is -0.762. The molecule has 4 amide bonds. The van der Waals surface area contributed by atoms with Crippen molar-refractivity contribution in [2.75, 3.05) is 6.54 Å². The highest BCUT2D eigenvalue weighted by molar-refractivity contribution is 6.08. The lowest BCUT2D eigenvalue weighted by Gasteiger charge is -2.32. The monoisotopic (exact) mass is 386 g/mol. The van der Waals surface area contributed by atoms with Gasteiger partial charge in [-0.3, -0.25) is 15.0 Å². The van der Waals surface area contributed by atoms with Crippen molar-refractivity contribution in [2.24, 2.45) is 5.41 Å². The van der Waals surface area contributed by atoms with Gasteiger partial charge < -0.3 is 10.6 Å². The first-order valence-corrected chi connectivity index (χ1v) is 9.97. The number of hydrogen-bond donors (Lipinski definition) is 3. The van der Waals surface area contributed by atoms with Gasteiger partial charge in [-0.2, -0.15) is 5.01 Å². The zero-order valence-corrected chi connectivity index (χ0v) is 16.9. The molecule has 0 aromatic heterocycles. The lowest BCUT2D eigenvalue weighted by Crippen LogP contribution is -2.52. The van der Waals surface area contributed by atoms with Gasteiger partial charge in [-0.15, -0.1) is 0 Å². The first-order chi connectivity index (χ1) is 13.2. The summed E-state index contributed by atoms with van der Waals surface area (Å²) in [5.41, 5.74) is 2.61. The van der Waals surface area contributed by atoms with Crippen molar-refractivity contribution in [3.63, 3.8) is 0 Å². The molecule has 2 fully saturated rings. The smallest absolute Gasteiger partial charge is 0.322 e. The summed E-state index contributed by atoms with van der Waals surface area (Å²) >= 11 is 0. The number of nitrogens with zero attached hydrogens (tertiary/aromatic N) is 1. The van der Waals surface area contributed by atoms with E-state index >= 15 is 0 Å². The average molecular weight is 386 g/mol. The molecular weight excluding hydrogens is 356 g/mol. The fourth-order valence-corrected chi connectivity index (χ4v) is 4.14. The summed E-state index contributed by atoms with van der Waals surface area (Å²) in [7, 11) is 0. The Balaban J connectivity index is 1.62. The van der Waals surface area contributed by atoms with Crippen molar-refractivity contribution in [1.82, 2.24) is 21.1 Å². The third-order valence-corrected chi connectivity index (χ3v) is 5.57. The van der Waals surface area contributed by atoms with E-state index in [0.29, 0.717) is 12.8 Å². The molecule has 1 saturated heterocycles. The van der Waals surface area contributed by atoms with Crippen molar-refractivity contribution in [3.8, 4) is 0 Å². The molecule has 0 bridgehead atoms. The number of carbonyl (C=O) groups is 3. The molecule has 2 aliphatic rings. The minimum Gasteiger partial charge on any atom is -0.322 e. The van der Waals surface area contributed by atoms with Crippen LogP contribution in [0.2, 0.25) is 0 Å². The van der Waals surface area contributed by atoms with E-state index in [0.717, 1.165) is 29.8 Å². The Kier molecular flexibility index (Phi) is 5.74. The van der Waals surface area contributed by atoms with Crippen LogP contribution in [-0.4, -0.2) is 34.9 Å². The van der Waals surface area contributed by atoms with Crippen LogP contribution in [0.5, 0.6) is 0 Å². The number of urea groups is 1. The van der Waals surface area contributed by atoms with Crippen LogP contribution in [-0.2, 0) is 9.59 Å². The van der Waals surface area contributed by atoms with E-state index in [4.69, 9.17) is 0 Å². The van der Waals surface area contributed by atoms with E-state index in [9.17, 15) is 14.4 Å². The van der Waals surface area contributed by atoms with E-state index in [-0.39, 0.29) is 23.9 Å². The van der Waals surface area contributed by atoms with Crippen LogP contribution < -0.4 is 16.1 Å². The van der Waals surface area contributed by atoms with E-state index in [1.54, 1.807) is 0 Å². The average Bonchev–Trinajstić information content (AvgIpc) is 2.86. The molecule has 1 saturated carbocycles. The molecule has 1 aliphatic heterocycles. The second-order valence-corrected chi connectivity index (χ2v) is 8.84. The number of rotatable bonds is 5. The first-order valence-electron chi connectivity index (χ1n) is 9.97. The maximum absolute atomic E-state index is 12.8. The van der Waals surface area contributed by atoms with Crippen LogP contribution in [0.3, 0.4) is 0 Å². The van der Waals surface area contributed by atoms with Crippen LogP contribution in [0.25, 0.3) is 0 Å². The normalized spacial score (nSPS) is 20.2. The molecule has 28 heavy (non-hydrogen) atoms. The lowest BCUT2D eigenvalue weighted by atomic mass is 9.82. The Labute approximate surface area is 166 Å². The number of hydrogen-bond acceptors (Lipinski definition) is 4. The van der Waals surface area contributed by atoms with E-state index in [1.807, 2.05) is 30.3 Å². The molecule has 7 heteroatoms. The number of benzene rings is 1. The van der Waals surface area contributed by atoms with Crippen LogP contribution in [0.1, 0.15) is 64.5 Å². The number of amides is 4. The molecular formula is C21H30N4O3. The van der Waals surface area contributed by atoms with Gasteiger partial charge >= 0.3 is 6.03 Å². The zero-order chi connectivity index (χ0) is 20.4. The van der Waals surface area contributed by atoms with Crippen molar-refractivity contribution in [3.05, 3.63) is 35.9 Å². The van der Waals surface area contributed by atoms with E-state index < -0.39 is 17.5 Å². The van der Waals surface area contributed by atoms with Crippen molar-refractivity contribution >= 4 is 17.8 Å². The third kappa shape index (κ3) is 4.19. The van der Waals surface area contributed by atoms with Crippen LogP contribution in [0.15, 0.2) is 30.3 Å². The van der Waals surface area contributed by atoms with Gasteiger partial charge in [-0.25, -0.2) is 4.79 Å². The molecule has 7 nitrogen and oxygen atoms in total. The van der Waals surface area contributed by atoms with Crippen molar-refractivity contribution in [1.29, 1.82) is 0 Å². The standard InChI is InChI=1S/C21H30N4O3/c1-20(2,3)17(15-10-6-4-7-11-15)22-14-16(26)24-25-18(27)21(23-19(25)28)12-8-5-9-13-21/h4,6-7,10-11,17,22H,5,8-9,12-14H2,1-3H3,(H,23,28)(H,24,26). The zero-order valence-electron chi connectivity index (χ0n) is 16.9.